The van der Waals surface area contributed by atoms with Crippen LogP contribution in [0, 0.1) is 0 Å². The van der Waals surface area contributed by atoms with E-state index in [1.165, 1.54) is 0 Å². The van der Waals surface area contributed by atoms with Crippen LogP contribution >= 0.6 is 0 Å². The second-order valence-corrected chi connectivity index (χ2v) is 0.651. The van der Waals surface area contributed by atoms with Gasteiger partial charge in [-0.05, 0) is 0 Å². The number of hydrogen-bond acceptors (Lipinski definition) is 2. The van der Waals surface area contributed by atoms with E-state index in [0.29, 0.717) is 0 Å². The van der Waals surface area contributed by atoms with Crippen LogP contribution in [0.25, 0.3) is 0 Å². The van der Waals surface area contributed by atoms with Gasteiger partial charge in [0.1, 0.15) is 0 Å². The molecule has 0 saturated carbocycles. The van der Waals surface area contributed by atoms with Gasteiger partial charge in [0.05, 0.1) is 11.4 Å². The maximum Gasteiger partial charge on any atom is 0.0814 e. The van der Waals surface area contributed by atoms with Gasteiger partial charge in [-0.3, -0.25) is 0 Å². The van der Waals surface area contributed by atoms with E-state index < -0.39 is 11.4 Å². The molecule has 5 heteroatoms. The van der Waals surface area contributed by atoms with Crippen LogP contribution in [0.2, 0.25) is 0 Å². The van der Waals surface area contributed by atoms with E-state index in [0.717, 1.165) is 0 Å². The molecule has 5 heavy (non-hydrogen) atoms. The molecule has 0 rings (SSSR count). The fourth-order valence-corrected chi connectivity index (χ4v) is 0. The molecule has 0 aliphatic rings. The van der Waals surface area contributed by atoms with E-state index in [2.05, 4.69) is 0 Å². The Morgan fingerprint density at radius 3 is 1.80 bits per heavy atom. The molecule has 0 bridgehead atoms. The molecule has 0 aromatic heterocycles. The van der Waals surface area contributed by atoms with Crippen molar-refractivity contribution in [3.05, 3.63) is 0 Å². The largest absolute Gasteiger partial charge is 0.750 e. The van der Waals surface area contributed by atoms with Gasteiger partial charge in [0.2, 0.25) is 0 Å². The van der Waals surface area contributed by atoms with E-state index >= 15 is 0 Å². The molecule has 31 valence electrons. The van der Waals surface area contributed by atoms with Crippen LogP contribution < -0.4 is 0 Å². The molecule has 1 unspecified atom stereocenters. The summed E-state index contributed by atoms with van der Waals surface area (Å²) < 4.78 is 24.1. The Morgan fingerprint density at radius 1 is 1.80 bits per heavy atom. The molecule has 1 atom stereocenters. The Kier molecular flexibility index (Phi) is 8.91. The molecule has 3 nitrogen and oxygen atoms in total. The summed E-state index contributed by atoms with van der Waals surface area (Å²) >= 11 is -2.86. The van der Waals surface area contributed by atoms with Gasteiger partial charge in [-0.2, -0.15) is 0 Å². The first-order valence-electron chi connectivity index (χ1n) is 0.516. The summed E-state index contributed by atoms with van der Waals surface area (Å²) in [6.07, 6.45) is 0. The Labute approximate surface area is 47.4 Å². The van der Waals surface area contributed by atoms with Crippen molar-refractivity contribution in [2.45, 2.75) is 0 Å². The molecule has 0 heterocycles. The smallest absolute Gasteiger partial charge is 0.0814 e. The minimum absolute atomic E-state index is 0. The summed E-state index contributed by atoms with van der Waals surface area (Å²) in [6, 6.07) is 0. The van der Waals surface area contributed by atoms with Crippen molar-refractivity contribution < 1.29 is 35.7 Å². The van der Waals surface area contributed by atoms with Gasteiger partial charge in [0, 0.05) is 22.4 Å². The minimum atomic E-state index is -2.86. The summed E-state index contributed by atoms with van der Waals surface area (Å²) in [7, 11) is 0. The van der Waals surface area contributed by atoms with Crippen LogP contribution in [0.3, 0.4) is 0 Å². The Bertz CT molecular complexity index is 29.9. The second-order valence-electron chi connectivity index (χ2n) is 0.217. The van der Waals surface area contributed by atoms with E-state index in [4.69, 9.17) is 13.3 Å². The molecule has 1 radical (unpaired) electrons. The van der Waals surface area contributed by atoms with Crippen molar-refractivity contribution in [3.63, 3.8) is 0 Å². The molecular formula is HO3STa-. The molecule has 0 spiro atoms. The van der Waals surface area contributed by atoms with Crippen LogP contribution in [-0.2, 0) is 33.7 Å². The van der Waals surface area contributed by atoms with Crippen molar-refractivity contribution in [2.24, 2.45) is 0 Å². The average molecular weight is 262 g/mol. The fourth-order valence-electron chi connectivity index (χ4n) is 0. The first-order chi connectivity index (χ1) is 1.73. The van der Waals surface area contributed by atoms with Gasteiger partial charge >= 0.3 is 0 Å². The monoisotopic (exact) mass is 262 g/mol. The topological polar surface area (TPSA) is 60.4 Å². The zero-order valence-electron chi connectivity index (χ0n) is 2.12. The first kappa shape index (κ1) is 9.26. The summed E-state index contributed by atoms with van der Waals surface area (Å²) in [5.41, 5.74) is 0. The van der Waals surface area contributed by atoms with E-state index in [1.54, 1.807) is 0 Å². The van der Waals surface area contributed by atoms with Crippen molar-refractivity contribution in [1.82, 2.24) is 0 Å². The third-order valence-corrected chi connectivity index (χ3v) is 0. The summed E-state index contributed by atoms with van der Waals surface area (Å²) in [4.78, 5) is 0. The molecule has 0 aliphatic heterocycles. The number of hydrogen-bond donors (Lipinski definition) is 1. The molecule has 0 aromatic carbocycles. The number of rotatable bonds is 0. The van der Waals surface area contributed by atoms with Crippen LogP contribution in [0.4, 0.5) is 0 Å². The zero-order valence-corrected chi connectivity index (χ0v) is 6.15. The fraction of sp³-hybridized carbons (Fsp3) is 0. The van der Waals surface area contributed by atoms with Crippen molar-refractivity contribution in [2.75, 3.05) is 0 Å². The van der Waals surface area contributed by atoms with Crippen molar-refractivity contribution in [1.29, 1.82) is 0 Å². The summed E-state index contributed by atoms with van der Waals surface area (Å²) in [6.45, 7) is 0. The van der Waals surface area contributed by atoms with Crippen molar-refractivity contribution in [3.8, 4) is 0 Å². The van der Waals surface area contributed by atoms with Gasteiger partial charge in [-0.1, -0.05) is 0 Å². The summed E-state index contributed by atoms with van der Waals surface area (Å²) in [5.74, 6) is 0. The summed E-state index contributed by atoms with van der Waals surface area (Å²) in [5, 5.41) is 0. The maximum absolute atomic E-state index is 8.56. The van der Waals surface area contributed by atoms with Crippen LogP contribution in [-0.4, -0.2) is 13.3 Å². The Hall–Kier alpha value is 0.810. The van der Waals surface area contributed by atoms with Gasteiger partial charge in [-0.15, -0.1) is 0 Å². The quantitative estimate of drug-likeness (QED) is 0.589. The van der Waals surface area contributed by atoms with Crippen LogP contribution in [0.5, 0.6) is 0 Å². The van der Waals surface area contributed by atoms with Gasteiger partial charge in [-0.25, -0.2) is 4.21 Å². The maximum atomic E-state index is 8.56. The Morgan fingerprint density at radius 2 is 1.80 bits per heavy atom. The molecule has 0 aromatic rings. The third-order valence-electron chi connectivity index (χ3n) is 0. The minimum Gasteiger partial charge on any atom is -0.750 e. The molecular weight excluding hydrogens is 261 g/mol. The zero-order chi connectivity index (χ0) is 3.58. The molecule has 0 aliphatic carbocycles. The first-order valence-corrected chi connectivity index (χ1v) is 1.55. The predicted molar refractivity (Wildman–Crippen MR) is 11.5 cm³/mol. The molecule has 0 fully saturated rings. The molecule has 0 saturated heterocycles. The SMILES string of the molecule is O=S([O-])O.[Ta]. The third kappa shape index (κ3) is 57.9. The van der Waals surface area contributed by atoms with Crippen molar-refractivity contribution >= 4 is 11.4 Å². The average Bonchev–Trinajstić information content (AvgIpc) is 0.811. The van der Waals surface area contributed by atoms with Crippen LogP contribution in [0.1, 0.15) is 0 Å². The predicted octanol–water partition coefficient (Wildman–Crippen LogP) is -0.664. The molecule has 1 N–H and O–H groups in total. The van der Waals surface area contributed by atoms with Gasteiger partial charge in [0.15, 0.2) is 0 Å². The van der Waals surface area contributed by atoms with Gasteiger partial charge in [0.25, 0.3) is 0 Å². The Balaban J connectivity index is 0. The van der Waals surface area contributed by atoms with E-state index in [9.17, 15) is 0 Å². The van der Waals surface area contributed by atoms with E-state index in [1.807, 2.05) is 0 Å². The van der Waals surface area contributed by atoms with Gasteiger partial charge < -0.3 is 9.11 Å². The van der Waals surface area contributed by atoms with Crippen LogP contribution in [0.15, 0.2) is 0 Å². The standard InChI is InChI=1S/H2O3S.Ta/c1-4(2)3;/h(H2,1,2,3);/p-1. The molecule has 0 amide bonds. The second kappa shape index (κ2) is 4.81. The van der Waals surface area contributed by atoms with E-state index in [-0.39, 0.29) is 22.4 Å². The normalized spacial score (nSPS) is 12.4.